The molecule has 2 rings (SSSR count). The molecule has 4 nitrogen and oxygen atoms in total. The first-order chi connectivity index (χ1) is 7.95. The first-order valence-corrected chi connectivity index (χ1v) is 4.37. The van der Waals surface area contributed by atoms with Crippen LogP contribution in [0.4, 0.5) is 13.3 Å². The Labute approximate surface area is 91.5 Å². The van der Waals surface area contributed by atoms with Crippen molar-refractivity contribution in [3.05, 3.63) is 45.8 Å². The van der Waals surface area contributed by atoms with Gasteiger partial charge in [0, 0.05) is 0 Å². The van der Waals surface area contributed by atoms with Gasteiger partial charge in [0.2, 0.25) is 11.4 Å². The summed E-state index contributed by atoms with van der Waals surface area (Å²) in [7, 11) is 0. The van der Waals surface area contributed by atoms with Crippen LogP contribution in [0.5, 0.6) is 0 Å². The quantitative estimate of drug-likeness (QED) is 0.775. The molecular weight excluding hydrogens is 239 g/mol. The van der Waals surface area contributed by atoms with Crippen LogP contribution in [0.2, 0.25) is 0 Å². The maximum atomic E-state index is 13.4. The lowest BCUT2D eigenvalue weighted by molar-refractivity contribution is 0.0685. The van der Waals surface area contributed by atoms with Crippen molar-refractivity contribution in [3.63, 3.8) is 0 Å². The first kappa shape index (κ1) is 11.2. The normalized spacial score (nSPS) is 10.8. The number of aromatic carboxylic acids is 1. The predicted octanol–water partition coefficient (Wildman–Crippen LogP) is 1.71. The van der Waals surface area contributed by atoms with Crippen LogP contribution in [0.15, 0.2) is 23.0 Å². The minimum Gasteiger partial charge on any atom is -0.477 e. The van der Waals surface area contributed by atoms with Crippen LogP contribution < -0.4 is 5.43 Å². The van der Waals surface area contributed by atoms with Crippen molar-refractivity contribution in [1.82, 2.24) is 4.79 Å². The number of hydrogen-bond donors (Lipinski definition) is 1. The molecule has 1 heterocycles. The van der Waals surface area contributed by atoms with Gasteiger partial charge in [-0.25, -0.2) is 9.18 Å². The van der Waals surface area contributed by atoms with E-state index >= 15 is 0 Å². The Morgan fingerprint density at radius 3 is 2.53 bits per heavy atom. The van der Waals surface area contributed by atoms with E-state index in [0.29, 0.717) is 0 Å². The van der Waals surface area contributed by atoms with Gasteiger partial charge in [-0.1, -0.05) is 10.5 Å². The summed E-state index contributed by atoms with van der Waals surface area (Å²) < 4.78 is 39.9. The highest BCUT2D eigenvalue weighted by Crippen LogP contribution is 2.18. The second kappa shape index (κ2) is 3.62. The van der Waals surface area contributed by atoms with E-state index in [9.17, 15) is 22.9 Å². The molecule has 1 aromatic heterocycles. The summed E-state index contributed by atoms with van der Waals surface area (Å²) in [5.41, 5.74) is -3.47. The van der Waals surface area contributed by atoms with Crippen molar-refractivity contribution in [2.24, 2.45) is 0 Å². The highest BCUT2D eigenvalue weighted by molar-refractivity contribution is 5.92. The van der Waals surface area contributed by atoms with Gasteiger partial charge in [0.25, 0.3) is 0 Å². The molecule has 0 aliphatic rings. The number of carbonyl (C=O) groups is 1. The number of halogens is 3. The lowest BCUT2D eigenvalue weighted by atomic mass is 10.1. The minimum absolute atomic E-state index is 0.655. The Balaban J connectivity index is 3.13. The molecular formula is C10H4F3NO3. The third-order valence-electron chi connectivity index (χ3n) is 2.25. The molecule has 1 N–H and O–H groups in total. The number of carboxylic acids is 1. The molecule has 0 bridgehead atoms. The van der Waals surface area contributed by atoms with Gasteiger partial charge in [-0.2, -0.15) is 4.39 Å². The summed E-state index contributed by atoms with van der Waals surface area (Å²) in [6.07, 6.45) is 0. The zero-order chi connectivity index (χ0) is 12.7. The molecule has 1 aromatic carbocycles. The molecule has 0 aliphatic heterocycles. The second-order valence-electron chi connectivity index (χ2n) is 3.21. The van der Waals surface area contributed by atoms with Crippen molar-refractivity contribution in [3.8, 4) is 0 Å². The minimum atomic E-state index is -1.95. The highest BCUT2D eigenvalue weighted by atomic mass is 19.2. The van der Waals surface area contributed by atoms with E-state index in [1.807, 2.05) is 0 Å². The Morgan fingerprint density at radius 1 is 1.29 bits per heavy atom. The molecule has 0 saturated carbocycles. The van der Waals surface area contributed by atoms with E-state index in [4.69, 9.17) is 5.11 Å². The van der Waals surface area contributed by atoms with Crippen LogP contribution >= 0.6 is 0 Å². The molecule has 0 amide bonds. The number of benzene rings is 1. The maximum absolute atomic E-state index is 13.4. The largest absolute Gasteiger partial charge is 0.477 e. The lowest BCUT2D eigenvalue weighted by Gasteiger charge is -2.05. The Bertz CT molecular complexity index is 693. The number of rotatable bonds is 1. The summed E-state index contributed by atoms with van der Waals surface area (Å²) in [6, 6.07) is 2.90. The standard InChI is InChI=1S/C10H4F3NO3/c11-4-2-1-3-5-6(4)8(15)7(10(16)17)9(12)14(5)13/h1-3H,(H,16,17). The zero-order valence-electron chi connectivity index (χ0n) is 8.08. The molecule has 0 saturated heterocycles. The van der Waals surface area contributed by atoms with Gasteiger partial charge in [-0.3, -0.25) is 4.79 Å². The molecule has 0 fully saturated rings. The molecule has 0 radical (unpaired) electrons. The summed E-state index contributed by atoms with van der Waals surface area (Å²) in [4.78, 5) is 21.5. The van der Waals surface area contributed by atoms with E-state index in [1.54, 1.807) is 0 Å². The van der Waals surface area contributed by atoms with Crippen LogP contribution in [0.25, 0.3) is 10.9 Å². The fourth-order valence-electron chi connectivity index (χ4n) is 1.51. The van der Waals surface area contributed by atoms with E-state index in [0.717, 1.165) is 18.2 Å². The third kappa shape index (κ3) is 1.47. The third-order valence-corrected chi connectivity index (χ3v) is 2.25. The van der Waals surface area contributed by atoms with Crippen LogP contribution in [0, 0.1) is 11.8 Å². The van der Waals surface area contributed by atoms with Gasteiger partial charge in [-0.15, -0.1) is 4.79 Å². The van der Waals surface area contributed by atoms with Crippen molar-refractivity contribution >= 4 is 16.9 Å². The molecule has 7 heteroatoms. The number of hydrogen-bond acceptors (Lipinski definition) is 2. The lowest BCUT2D eigenvalue weighted by Crippen LogP contribution is -2.22. The Morgan fingerprint density at radius 2 is 1.94 bits per heavy atom. The number of aromatic nitrogens is 1. The second-order valence-corrected chi connectivity index (χ2v) is 3.21. The molecule has 0 spiro atoms. The fourth-order valence-corrected chi connectivity index (χ4v) is 1.51. The van der Waals surface area contributed by atoms with E-state index in [-0.39, 0.29) is 0 Å². The van der Waals surface area contributed by atoms with Gasteiger partial charge in [0.05, 0.1) is 10.9 Å². The number of carboxylic acid groups (broad SMARTS) is 1. The first-order valence-electron chi connectivity index (χ1n) is 4.37. The van der Waals surface area contributed by atoms with Crippen molar-refractivity contribution in [1.29, 1.82) is 0 Å². The summed E-state index contributed by atoms with van der Waals surface area (Å²) in [5, 5.41) is 7.78. The van der Waals surface area contributed by atoms with E-state index < -0.39 is 44.4 Å². The molecule has 0 unspecified atom stereocenters. The number of pyridine rings is 1. The molecule has 17 heavy (non-hydrogen) atoms. The summed E-state index contributed by atoms with van der Waals surface area (Å²) >= 11 is 0. The van der Waals surface area contributed by atoms with Gasteiger partial charge in [0.15, 0.2) is 5.56 Å². The monoisotopic (exact) mass is 243 g/mol. The van der Waals surface area contributed by atoms with Crippen LogP contribution in [0.3, 0.4) is 0 Å². The van der Waals surface area contributed by atoms with Gasteiger partial charge < -0.3 is 5.11 Å². The predicted molar refractivity (Wildman–Crippen MR) is 51.6 cm³/mol. The van der Waals surface area contributed by atoms with Crippen molar-refractivity contribution in [2.45, 2.75) is 0 Å². The number of nitrogens with zero attached hydrogens (tertiary/aromatic N) is 1. The van der Waals surface area contributed by atoms with Gasteiger partial charge in [-0.05, 0) is 12.1 Å². The maximum Gasteiger partial charge on any atom is 0.344 e. The summed E-state index contributed by atoms with van der Waals surface area (Å²) in [5.74, 6) is -4.92. The summed E-state index contributed by atoms with van der Waals surface area (Å²) in [6.45, 7) is 0. The Kier molecular flexibility index (Phi) is 2.38. The van der Waals surface area contributed by atoms with Crippen LogP contribution in [-0.4, -0.2) is 15.9 Å². The SMILES string of the molecule is O=C(O)c1c(F)n(F)c2cccc(F)c2c1=O. The molecule has 2 aromatic rings. The fraction of sp³-hybridized carbons (Fsp3) is 0. The van der Waals surface area contributed by atoms with Crippen molar-refractivity contribution in [2.75, 3.05) is 0 Å². The van der Waals surface area contributed by atoms with Gasteiger partial charge in [0.1, 0.15) is 5.82 Å². The topological polar surface area (TPSA) is 59.3 Å². The van der Waals surface area contributed by atoms with Crippen LogP contribution in [-0.2, 0) is 0 Å². The van der Waals surface area contributed by atoms with Crippen molar-refractivity contribution < 1.29 is 23.2 Å². The van der Waals surface area contributed by atoms with E-state index in [2.05, 4.69) is 0 Å². The Hall–Kier alpha value is -2.31. The average molecular weight is 243 g/mol. The number of fused-ring (bicyclic) bond motifs is 1. The van der Waals surface area contributed by atoms with E-state index in [1.165, 1.54) is 0 Å². The zero-order valence-corrected chi connectivity index (χ0v) is 8.08. The molecule has 0 atom stereocenters. The average Bonchev–Trinajstić information content (AvgIpc) is 2.25. The molecule has 0 aliphatic carbocycles. The van der Waals surface area contributed by atoms with Gasteiger partial charge >= 0.3 is 5.97 Å². The highest BCUT2D eigenvalue weighted by Gasteiger charge is 2.24. The molecule has 88 valence electrons. The van der Waals surface area contributed by atoms with Crippen LogP contribution in [0.1, 0.15) is 10.4 Å². The smallest absolute Gasteiger partial charge is 0.344 e.